The second kappa shape index (κ2) is 4.16. The molecule has 1 heterocycles. The van der Waals surface area contributed by atoms with Crippen LogP contribution in [0.3, 0.4) is 0 Å². The van der Waals surface area contributed by atoms with E-state index >= 15 is 0 Å². The molecule has 0 aromatic carbocycles. The summed E-state index contributed by atoms with van der Waals surface area (Å²) in [5.74, 6) is -0.0482. The molecule has 2 nitrogen and oxygen atoms in total. The molecule has 0 aliphatic carbocycles. The minimum absolute atomic E-state index is 0.0482. The molecule has 0 spiro atoms. The lowest BCUT2D eigenvalue weighted by atomic mass is 10.3. The summed E-state index contributed by atoms with van der Waals surface area (Å²) in [5, 5.41) is 0. The van der Waals surface area contributed by atoms with Gasteiger partial charge < -0.3 is 4.74 Å². The molecule has 0 aliphatic heterocycles. The van der Waals surface area contributed by atoms with Crippen LogP contribution in [0.15, 0.2) is 16.7 Å². The van der Waals surface area contributed by atoms with Crippen molar-refractivity contribution in [1.82, 2.24) is 4.98 Å². The standard InChI is InChI=1S/C8H7BrF3NO/c1-5-2-6(9)7(13-3-5)14-4-8(10,11)12/h2-3H,4H2,1H3. The van der Waals surface area contributed by atoms with Crippen molar-refractivity contribution in [3.8, 4) is 5.88 Å². The first-order valence-electron chi connectivity index (χ1n) is 3.70. The van der Waals surface area contributed by atoms with E-state index < -0.39 is 12.8 Å². The van der Waals surface area contributed by atoms with Crippen LogP contribution in [0.5, 0.6) is 5.88 Å². The van der Waals surface area contributed by atoms with Crippen LogP contribution in [0.2, 0.25) is 0 Å². The SMILES string of the molecule is Cc1cnc(OCC(F)(F)F)c(Br)c1. The van der Waals surface area contributed by atoms with E-state index in [1.165, 1.54) is 6.20 Å². The monoisotopic (exact) mass is 269 g/mol. The molecule has 0 N–H and O–H groups in total. The Hall–Kier alpha value is -0.780. The quantitative estimate of drug-likeness (QED) is 0.823. The number of ether oxygens (including phenoxy) is 1. The maximum atomic E-state index is 11.8. The Morgan fingerprint density at radius 3 is 2.64 bits per heavy atom. The Morgan fingerprint density at radius 2 is 2.14 bits per heavy atom. The molecule has 0 bridgehead atoms. The van der Waals surface area contributed by atoms with Crippen LogP contribution >= 0.6 is 15.9 Å². The molecule has 1 aromatic rings. The van der Waals surface area contributed by atoms with Gasteiger partial charge in [0.25, 0.3) is 0 Å². The van der Waals surface area contributed by atoms with Gasteiger partial charge in [0, 0.05) is 6.20 Å². The van der Waals surface area contributed by atoms with Crippen molar-refractivity contribution in [2.75, 3.05) is 6.61 Å². The van der Waals surface area contributed by atoms with Crippen LogP contribution in [0, 0.1) is 6.92 Å². The first-order valence-corrected chi connectivity index (χ1v) is 4.49. The van der Waals surface area contributed by atoms with Crippen LogP contribution < -0.4 is 4.74 Å². The lowest BCUT2D eigenvalue weighted by molar-refractivity contribution is -0.154. The second-order valence-electron chi connectivity index (χ2n) is 2.70. The zero-order valence-electron chi connectivity index (χ0n) is 7.23. The number of hydrogen-bond donors (Lipinski definition) is 0. The van der Waals surface area contributed by atoms with E-state index in [0.717, 1.165) is 5.56 Å². The third-order valence-electron chi connectivity index (χ3n) is 1.32. The molecule has 6 heteroatoms. The molecule has 14 heavy (non-hydrogen) atoms. The van der Waals surface area contributed by atoms with E-state index in [9.17, 15) is 13.2 Å². The van der Waals surface area contributed by atoms with E-state index in [0.29, 0.717) is 4.47 Å². The largest absolute Gasteiger partial charge is 0.467 e. The Morgan fingerprint density at radius 1 is 1.50 bits per heavy atom. The average molecular weight is 270 g/mol. The predicted octanol–water partition coefficient (Wildman–Crippen LogP) is 3.09. The zero-order chi connectivity index (χ0) is 10.8. The number of rotatable bonds is 2. The summed E-state index contributed by atoms with van der Waals surface area (Å²) in [5.41, 5.74) is 0.844. The maximum absolute atomic E-state index is 11.8. The Labute approximate surface area is 87.2 Å². The molecule has 0 aliphatic rings. The van der Waals surface area contributed by atoms with Gasteiger partial charge in [-0.3, -0.25) is 0 Å². The fourth-order valence-corrected chi connectivity index (χ4v) is 1.36. The van der Waals surface area contributed by atoms with Gasteiger partial charge in [-0.1, -0.05) is 0 Å². The third kappa shape index (κ3) is 3.53. The summed E-state index contributed by atoms with van der Waals surface area (Å²) < 4.78 is 40.2. The van der Waals surface area contributed by atoms with Gasteiger partial charge in [-0.25, -0.2) is 4.98 Å². The van der Waals surface area contributed by atoms with Crippen LogP contribution in [-0.2, 0) is 0 Å². The van der Waals surface area contributed by atoms with Gasteiger partial charge in [-0.15, -0.1) is 0 Å². The normalized spacial score (nSPS) is 11.5. The summed E-state index contributed by atoms with van der Waals surface area (Å²) in [4.78, 5) is 3.71. The summed E-state index contributed by atoms with van der Waals surface area (Å²) in [7, 11) is 0. The minimum atomic E-state index is -4.34. The van der Waals surface area contributed by atoms with E-state index in [4.69, 9.17) is 0 Å². The van der Waals surface area contributed by atoms with Gasteiger partial charge in [0.1, 0.15) is 0 Å². The molecule has 1 rings (SSSR count). The van der Waals surface area contributed by atoms with Crippen molar-refractivity contribution in [2.24, 2.45) is 0 Å². The smallest absolute Gasteiger partial charge is 0.422 e. The van der Waals surface area contributed by atoms with Crippen molar-refractivity contribution >= 4 is 15.9 Å². The number of halogens is 4. The first kappa shape index (κ1) is 11.3. The van der Waals surface area contributed by atoms with Crippen LogP contribution in [0.25, 0.3) is 0 Å². The number of aryl methyl sites for hydroxylation is 1. The number of aromatic nitrogens is 1. The first-order chi connectivity index (χ1) is 6.38. The molecule has 0 saturated carbocycles. The van der Waals surface area contributed by atoms with Crippen molar-refractivity contribution in [1.29, 1.82) is 0 Å². The summed E-state index contributed by atoms with van der Waals surface area (Å²) in [6.07, 6.45) is -2.90. The van der Waals surface area contributed by atoms with Gasteiger partial charge in [-0.05, 0) is 34.5 Å². The second-order valence-corrected chi connectivity index (χ2v) is 3.56. The van der Waals surface area contributed by atoms with E-state index in [-0.39, 0.29) is 5.88 Å². The zero-order valence-corrected chi connectivity index (χ0v) is 8.82. The van der Waals surface area contributed by atoms with Gasteiger partial charge in [0.05, 0.1) is 4.47 Å². The van der Waals surface area contributed by atoms with Crippen LogP contribution in [-0.4, -0.2) is 17.8 Å². The molecular weight excluding hydrogens is 263 g/mol. The number of pyridine rings is 1. The van der Waals surface area contributed by atoms with Crippen molar-refractivity contribution in [2.45, 2.75) is 13.1 Å². The molecule has 0 radical (unpaired) electrons. The highest BCUT2D eigenvalue weighted by molar-refractivity contribution is 9.10. The van der Waals surface area contributed by atoms with Crippen LogP contribution in [0.1, 0.15) is 5.56 Å². The molecular formula is C8H7BrF3NO. The molecule has 0 atom stereocenters. The van der Waals surface area contributed by atoms with Gasteiger partial charge in [0.2, 0.25) is 5.88 Å². The minimum Gasteiger partial charge on any atom is -0.467 e. The van der Waals surface area contributed by atoms with Gasteiger partial charge in [0.15, 0.2) is 6.61 Å². The molecule has 1 aromatic heterocycles. The Bertz CT molecular complexity index is 327. The lowest BCUT2D eigenvalue weighted by Crippen LogP contribution is -2.19. The maximum Gasteiger partial charge on any atom is 0.422 e. The number of alkyl halides is 3. The average Bonchev–Trinajstić information content (AvgIpc) is 2.00. The number of hydrogen-bond acceptors (Lipinski definition) is 2. The molecule has 0 unspecified atom stereocenters. The third-order valence-corrected chi connectivity index (χ3v) is 1.88. The fraction of sp³-hybridized carbons (Fsp3) is 0.375. The molecule has 78 valence electrons. The lowest BCUT2D eigenvalue weighted by Gasteiger charge is -2.09. The van der Waals surface area contributed by atoms with Crippen LogP contribution in [0.4, 0.5) is 13.2 Å². The predicted molar refractivity (Wildman–Crippen MR) is 48.2 cm³/mol. The number of nitrogens with zero attached hydrogens (tertiary/aromatic N) is 1. The Kier molecular flexibility index (Phi) is 3.36. The highest BCUT2D eigenvalue weighted by atomic mass is 79.9. The highest BCUT2D eigenvalue weighted by Gasteiger charge is 2.29. The van der Waals surface area contributed by atoms with Gasteiger partial charge >= 0.3 is 6.18 Å². The van der Waals surface area contributed by atoms with Gasteiger partial charge in [-0.2, -0.15) is 13.2 Å². The topological polar surface area (TPSA) is 22.1 Å². The van der Waals surface area contributed by atoms with E-state index in [1.54, 1.807) is 13.0 Å². The highest BCUT2D eigenvalue weighted by Crippen LogP contribution is 2.24. The summed E-state index contributed by atoms with van der Waals surface area (Å²) >= 11 is 3.06. The van der Waals surface area contributed by atoms with E-state index in [1.807, 2.05) is 0 Å². The molecule has 0 saturated heterocycles. The van der Waals surface area contributed by atoms with E-state index in [2.05, 4.69) is 25.7 Å². The molecule has 0 amide bonds. The van der Waals surface area contributed by atoms with Crippen molar-refractivity contribution in [3.63, 3.8) is 0 Å². The summed E-state index contributed by atoms with van der Waals surface area (Å²) in [6, 6.07) is 1.64. The summed E-state index contributed by atoms with van der Waals surface area (Å²) in [6.45, 7) is 0.451. The fourth-order valence-electron chi connectivity index (χ4n) is 0.777. The van der Waals surface area contributed by atoms with Crippen molar-refractivity contribution in [3.05, 3.63) is 22.3 Å². The van der Waals surface area contributed by atoms with Crippen molar-refractivity contribution < 1.29 is 17.9 Å². The Balaban J connectivity index is 2.68. The molecule has 0 fully saturated rings.